The van der Waals surface area contributed by atoms with Crippen molar-refractivity contribution in [3.05, 3.63) is 83.1 Å². The Labute approximate surface area is 185 Å². The first kappa shape index (κ1) is 21.9. The second kappa shape index (κ2) is 7.99. The fourth-order valence-corrected chi connectivity index (χ4v) is 3.91. The molecule has 10 heteroatoms. The van der Waals surface area contributed by atoms with Gasteiger partial charge in [0.2, 0.25) is 5.72 Å². The number of ketones is 1. The van der Waals surface area contributed by atoms with Gasteiger partial charge in [0.1, 0.15) is 23.5 Å². The van der Waals surface area contributed by atoms with Crippen molar-refractivity contribution >= 4 is 23.4 Å². The Bertz CT molecular complexity index is 1170. The summed E-state index contributed by atoms with van der Waals surface area (Å²) in [6.07, 6.45) is -5.35. The molecule has 1 fully saturated rings. The highest BCUT2D eigenvalue weighted by molar-refractivity contribution is 6.33. The van der Waals surface area contributed by atoms with E-state index in [1.165, 1.54) is 41.7 Å². The van der Waals surface area contributed by atoms with Crippen LogP contribution in [0.5, 0.6) is 0 Å². The summed E-state index contributed by atoms with van der Waals surface area (Å²) < 4.78 is 47.5. The van der Waals surface area contributed by atoms with Gasteiger partial charge >= 0.3 is 12.2 Å². The van der Waals surface area contributed by atoms with Gasteiger partial charge in [0.05, 0.1) is 5.02 Å². The van der Waals surface area contributed by atoms with Crippen molar-refractivity contribution in [3.63, 3.8) is 0 Å². The van der Waals surface area contributed by atoms with E-state index in [4.69, 9.17) is 16.0 Å². The van der Waals surface area contributed by atoms with Crippen LogP contribution in [0.4, 0.5) is 18.0 Å². The fourth-order valence-electron chi connectivity index (χ4n) is 3.68. The topological polar surface area (TPSA) is 91.6 Å². The van der Waals surface area contributed by atoms with Gasteiger partial charge in [-0.15, -0.1) is 0 Å². The van der Waals surface area contributed by atoms with E-state index >= 15 is 0 Å². The van der Waals surface area contributed by atoms with Crippen LogP contribution in [0, 0.1) is 5.92 Å². The Balaban J connectivity index is 1.82. The predicted octanol–water partition coefficient (Wildman–Crippen LogP) is 4.70. The molecule has 1 aliphatic rings. The number of carbonyl (C=O) groups is 2. The molecule has 1 aliphatic heterocycles. The molecule has 0 spiro atoms. The van der Waals surface area contributed by atoms with Gasteiger partial charge in [0.25, 0.3) is 0 Å². The minimum absolute atomic E-state index is 0.0685. The summed E-state index contributed by atoms with van der Waals surface area (Å²) >= 11 is 6.16. The third-order valence-electron chi connectivity index (χ3n) is 5.22. The summed E-state index contributed by atoms with van der Waals surface area (Å²) in [5.74, 6) is -3.13. The van der Waals surface area contributed by atoms with E-state index in [2.05, 4.69) is 5.32 Å². The summed E-state index contributed by atoms with van der Waals surface area (Å²) in [5.41, 5.74) is -3.43. The monoisotopic (exact) mass is 464 g/mol. The molecule has 32 heavy (non-hydrogen) atoms. The Morgan fingerprint density at radius 1 is 1.03 bits per heavy atom. The number of rotatable bonds is 4. The molecule has 0 radical (unpaired) electrons. The van der Waals surface area contributed by atoms with Crippen LogP contribution in [-0.4, -0.2) is 28.8 Å². The van der Waals surface area contributed by atoms with E-state index in [-0.39, 0.29) is 17.1 Å². The molecular formula is C22H16ClF3N2O4. The van der Waals surface area contributed by atoms with E-state index in [0.717, 1.165) is 0 Å². The second-order valence-electron chi connectivity index (χ2n) is 7.23. The van der Waals surface area contributed by atoms with Crippen LogP contribution in [0.1, 0.15) is 22.2 Å². The van der Waals surface area contributed by atoms with Gasteiger partial charge in [0, 0.05) is 11.1 Å². The number of hydrogen-bond acceptors (Lipinski definition) is 4. The molecule has 166 valence electrons. The standard InChI is InChI=1S/C22H16ClF3N2O4/c23-14-9-5-4-8-13(14)15-10-11-16(32-15)18-17(19(29)12-6-2-1-3-7-12)21(31,22(24,25)26)28-20(30)27-18/h1-11,17-18,31H,(H2,27,28,30)/t17-,18+,21-/m1/s1. The number of aliphatic hydroxyl groups is 1. The van der Waals surface area contributed by atoms with Gasteiger partial charge in [-0.3, -0.25) is 4.79 Å². The lowest BCUT2D eigenvalue weighted by Crippen LogP contribution is -2.72. The van der Waals surface area contributed by atoms with Gasteiger partial charge in [-0.05, 0) is 24.3 Å². The van der Waals surface area contributed by atoms with E-state index in [1.54, 1.807) is 30.3 Å². The van der Waals surface area contributed by atoms with Crippen molar-refractivity contribution in [2.75, 3.05) is 0 Å². The van der Waals surface area contributed by atoms with Crippen LogP contribution in [-0.2, 0) is 0 Å². The van der Waals surface area contributed by atoms with Crippen molar-refractivity contribution in [1.29, 1.82) is 0 Å². The molecule has 0 bridgehead atoms. The molecule has 3 aromatic rings. The molecule has 1 aromatic heterocycles. The third kappa shape index (κ3) is 3.74. The van der Waals surface area contributed by atoms with Crippen molar-refractivity contribution < 1.29 is 32.3 Å². The number of amides is 2. The van der Waals surface area contributed by atoms with Crippen LogP contribution in [0.3, 0.4) is 0 Å². The highest BCUT2D eigenvalue weighted by Gasteiger charge is 2.66. The minimum Gasteiger partial charge on any atom is -0.459 e. The van der Waals surface area contributed by atoms with E-state index in [0.29, 0.717) is 10.6 Å². The Kier molecular flexibility index (Phi) is 5.47. The minimum atomic E-state index is -5.35. The van der Waals surface area contributed by atoms with E-state index in [1.807, 2.05) is 0 Å². The highest BCUT2D eigenvalue weighted by atomic mass is 35.5. The average molecular weight is 465 g/mol. The maximum absolute atomic E-state index is 13.9. The van der Waals surface area contributed by atoms with Gasteiger partial charge in [0.15, 0.2) is 5.78 Å². The zero-order valence-electron chi connectivity index (χ0n) is 16.2. The van der Waals surface area contributed by atoms with Crippen LogP contribution in [0.15, 0.2) is 71.1 Å². The van der Waals surface area contributed by atoms with Crippen LogP contribution >= 0.6 is 11.6 Å². The number of halogens is 4. The quantitative estimate of drug-likeness (QED) is 0.488. The SMILES string of the molecule is O=C1N[C@@H](c2ccc(-c3ccccc3Cl)o2)[C@H](C(=O)c2ccccc2)[C@@](O)(C(F)(F)F)N1. The number of Topliss-reactive ketones (excluding diaryl/α,β-unsaturated/α-hetero) is 1. The van der Waals surface area contributed by atoms with Crippen molar-refractivity contribution in [2.45, 2.75) is 17.9 Å². The number of carbonyl (C=O) groups excluding carboxylic acids is 2. The second-order valence-corrected chi connectivity index (χ2v) is 7.64. The first-order valence-corrected chi connectivity index (χ1v) is 9.81. The summed E-state index contributed by atoms with van der Waals surface area (Å²) in [7, 11) is 0. The number of alkyl halides is 3. The molecule has 1 saturated heterocycles. The van der Waals surface area contributed by atoms with Gasteiger partial charge < -0.3 is 20.2 Å². The molecular weight excluding hydrogens is 449 g/mol. The largest absolute Gasteiger partial charge is 0.459 e. The summed E-state index contributed by atoms with van der Waals surface area (Å²) in [4.78, 5) is 25.3. The van der Waals surface area contributed by atoms with Gasteiger partial charge in [-0.2, -0.15) is 13.2 Å². The number of hydrogen-bond donors (Lipinski definition) is 3. The Hall–Kier alpha value is -3.30. The molecule has 0 unspecified atom stereocenters. The molecule has 2 heterocycles. The lowest BCUT2D eigenvalue weighted by molar-refractivity contribution is -0.288. The Morgan fingerprint density at radius 3 is 2.34 bits per heavy atom. The summed E-state index contributed by atoms with van der Waals surface area (Å²) in [5, 5.41) is 14.7. The third-order valence-corrected chi connectivity index (χ3v) is 5.55. The fraction of sp³-hybridized carbons (Fsp3) is 0.182. The van der Waals surface area contributed by atoms with Crippen LogP contribution in [0.25, 0.3) is 11.3 Å². The van der Waals surface area contributed by atoms with Crippen LogP contribution < -0.4 is 10.6 Å². The molecule has 4 rings (SSSR count). The highest BCUT2D eigenvalue weighted by Crippen LogP contribution is 2.45. The lowest BCUT2D eigenvalue weighted by Gasteiger charge is -2.44. The Morgan fingerprint density at radius 2 is 1.69 bits per heavy atom. The number of benzene rings is 2. The molecule has 0 aliphatic carbocycles. The molecule has 2 aromatic carbocycles. The molecule has 3 atom stereocenters. The zero-order chi connectivity index (χ0) is 23.1. The number of urea groups is 1. The van der Waals surface area contributed by atoms with Gasteiger partial charge in [-0.1, -0.05) is 54.1 Å². The first-order chi connectivity index (χ1) is 15.1. The molecule has 3 N–H and O–H groups in total. The number of furan rings is 1. The maximum Gasteiger partial charge on any atom is 0.437 e. The average Bonchev–Trinajstić information content (AvgIpc) is 3.23. The first-order valence-electron chi connectivity index (χ1n) is 9.43. The van der Waals surface area contributed by atoms with Gasteiger partial charge in [-0.25, -0.2) is 4.79 Å². The summed E-state index contributed by atoms with van der Waals surface area (Å²) in [6, 6.07) is 13.7. The molecule has 6 nitrogen and oxygen atoms in total. The van der Waals surface area contributed by atoms with Crippen LogP contribution in [0.2, 0.25) is 5.02 Å². The summed E-state index contributed by atoms with van der Waals surface area (Å²) in [6.45, 7) is 0. The van der Waals surface area contributed by atoms with E-state index < -0.39 is 35.7 Å². The molecule has 2 amide bonds. The smallest absolute Gasteiger partial charge is 0.437 e. The maximum atomic E-state index is 13.9. The zero-order valence-corrected chi connectivity index (χ0v) is 16.9. The van der Waals surface area contributed by atoms with Crippen molar-refractivity contribution in [1.82, 2.24) is 10.6 Å². The van der Waals surface area contributed by atoms with Crippen molar-refractivity contribution in [2.24, 2.45) is 5.92 Å². The molecule has 0 saturated carbocycles. The predicted molar refractivity (Wildman–Crippen MR) is 109 cm³/mol. The van der Waals surface area contributed by atoms with E-state index in [9.17, 15) is 27.9 Å². The van der Waals surface area contributed by atoms with Crippen molar-refractivity contribution in [3.8, 4) is 11.3 Å². The number of nitrogens with one attached hydrogen (secondary N) is 2. The lowest BCUT2D eigenvalue weighted by atomic mass is 9.79. The normalized spacial score (nSPS) is 23.3.